The van der Waals surface area contributed by atoms with E-state index in [4.69, 9.17) is 9.47 Å². The molecule has 0 amide bonds. The SMILES string of the molecule is O=C(CS)OCC[C@H](Oc1ccccc1)[C@@H](O)c1cc(Br)ccc1O. The molecule has 0 radical (unpaired) electrons. The van der Waals surface area contributed by atoms with Crippen molar-refractivity contribution in [2.45, 2.75) is 18.6 Å². The van der Waals surface area contributed by atoms with Crippen molar-refractivity contribution in [3.8, 4) is 11.5 Å². The van der Waals surface area contributed by atoms with Crippen LogP contribution in [0.5, 0.6) is 11.5 Å². The number of aliphatic hydroxyl groups excluding tert-OH is 1. The van der Waals surface area contributed by atoms with E-state index in [0.717, 1.165) is 4.47 Å². The van der Waals surface area contributed by atoms with Gasteiger partial charge in [0.2, 0.25) is 0 Å². The van der Waals surface area contributed by atoms with Crippen LogP contribution < -0.4 is 4.74 Å². The first-order valence-corrected chi connectivity index (χ1v) is 9.08. The van der Waals surface area contributed by atoms with Gasteiger partial charge in [-0.2, -0.15) is 12.6 Å². The lowest BCUT2D eigenvalue weighted by atomic mass is 10.0. The molecule has 2 aromatic carbocycles. The van der Waals surface area contributed by atoms with Crippen LogP contribution in [0, 0.1) is 0 Å². The van der Waals surface area contributed by atoms with E-state index in [-0.39, 0.29) is 24.5 Å². The van der Waals surface area contributed by atoms with Gasteiger partial charge < -0.3 is 19.7 Å². The van der Waals surface area contributed by atoms with Crippen LogP contribution in [-0.2, 0) is 9.53 Å². The smallest absolute Gasteiger partial charge is 0.315 e. The lowest BCUT2D eigenvalue weighted by Gasteiger charge is -2.25. The number of carbonyl (C=O) groups is 1. The number of phenols is 1. The largest absolute Gasteiger partial charge is 0.508 e. The topological polar surface area (TPSA) is 76.0 Å². The van der Waals surface area contributed by atoms with Crippen molar-refractivity contribution in [2.24, 2.45) is 0 Å². The Morgan fingerprint density at radius 2 is 1.92 bits per heavy atom. The summed E-state index contributed by atoms with van der Waals surface area (Å²) in [6.45, 7) is 0.0721. The third kappa shape index (κ3) is 5.95. The van der Waals surface area contributed by atoms with Crippen LogP contribution in [0.15, 0.2) is 53.0 Å². The second-order valence-electron chi connectivity index (χ2n) is 5.28. The zero-order valence-electron chi connectivity index (χ0n) is 13.3. The summed E-state index contributed by atoms with van der Waals surface area (Å²) in [7, 11) is 0. The average molecular weight is 427 g/mol. The van der Waals surface area contributed by atoms with Crippen molar-refractivity contribution in [2.75, 3.05) is 12.4 Å². The van der Waals surface area contributed by atoms with E-state index in [1.165, 1.54) is 6.07 Å². The van der Waals surface area contributed by atoms with Gasteiger partial charge in [0.05, 0.1) is 12.4 Å². The number of thiol groups is 1. The van der Waals surface area contributed by atoms with Crippen molar-refractivity contribution in [3.63, 3.8) is 0 Å². The summed E-state index contributed by atoms with van der Waals surface area (Å²) in [5.41, 5.74) is 0.329. The number of ether oxygens (including phenoxy) is 2. The molecule has 0 unspecified atom stereocenters. The van der Waals surface area contributed by atoms with Crippen LogP contribution in [-0.4, -0.2) is 34.6 Å². The van der Waals surface area contributed by atoms with Crippen molar-refractivity contribution in [3.05, 3.63) is 58.6 Å². The highest BCUT2D eigenvalue weighted by atomic mass is 79.9. The third-order valence-corrected chi connectivity index (χ3v) is 4.24. The molecule has 0 aliphatic rings. The van der Waals surface area contributed by atoms with Crippen molar-refractivity contribution in [1.29, 1.82) is 0 Å². The predicted octanol–water partition coefficient (Wildman–Crippen LogP) is 3.50. The molecule has 7 heteroatoms. The van der Waals surface area contributed by atoms with Gasteiger partial charge in [0, 0.05) is 16.5 Å². The fourth-order valence-corrected chi connectivity index (χ4v) is 2.72. The minimum atomic E-state index is -1.10. The van der Waals surface area contributed by atoms with Gasteiger partial charge >= 0.3 is 5.97 Å². The number of halogens is 1. The molecule has 0 saturated carbocycles. The first-order valence-electron chi connectivity index (χ1n) is 7.66. The highest BCUT2D eigenvalue weighted by Gasteiger charge is 2.26. The average Bonchev–Trinajstić information content (AvgIpc) is 2.63. The Bertz CT molecular complexity index is 695. The minimum absolute atomic E-state index is 0.0147. The van der Waals surface area contributed by atoms with Crippen molar-refractivity contribution >= 4 is 34.5 Å². The number of rotatable bonds is 8. The monoisotopic (exact) mass is 426 g/mol. The number of aromatic hydroxyl groups is 1. The Balaban J connectivity index is 2.16. The molecular formula is C18H19BrO5S. The number of para-hydroxylation sites is 1. The Morgan fingerprint density at radius 3 is 2.60 bits per heavy atom. The quantitative estimate of drug-likeness (QED) is 0.444. The molecule has 0 aliphatic carbocycles. The Morgan fingerprint density at radius 1 is 1.20 bits per heavy atom. The van der Waals surface area contributed by atoms with Gasteiger partial charge in [-0.3, -0.25) is 4.79 Å². The maximum absolute atomic E-state index is 11.2. The number of hydrogen-bond donors (Lipinski definition) is 3. The normalized spacial score (nSPS) is 13.1. The van der Waals surface area contributed by atoms with E-state index >= 15 is 0 Å². The third-order valence-electron chi connectivity index (χ3n) is 3.49. The predicted molar refractivity (Wildman–Crippen MR) is 101 cm³/mol. The zero-order chi connectivity index (χ0) is 18.2. The van der Waals surface area contributed by atoms with E-state index in [9.17, 15) is 15.0 Å². The van der Waals surface area contributed by atoms with Crippen LogP contribution >= 0.6 is 28.6 Å². The number of carbonyl (C=O) groups excluding carboxylic acids is 1. The van der Waals surface area contributed by atoms with Gasteiger partial charge in [0.15, 0.2) is 0 Å². The molecule has 25 heavy (non-hydrogen) atoms. The van der Waals surface area contributed by atoms with Gasteiger partial charge in [-0.05, 0) is 30.3 Å². The molecule has 0 fully saturated rings. The number of phenolic OH excluding ortho intramolecular Hbond substituents is 1. The maximum Gasteiger partial charge on any atom is 0.315 e. The van der Waals surface area contributed by atoms with Gasteiger partial charge in [-0.1, -0.05) is 34.1 Å². The summed E-state index contributed by atoms with van der Waals surface area (Å²) in [6.07, 6.45) is -1.57. The fraction of sp³-hybridized carbons (Fsp3) is 0.278. The second kappa shape index (κ2) is 9.70. The first kappa shape index (κ1) is 19.6. The number of benzene rings is 2. The first-order chi connectivity index (χ1) is 12.0. The van der Waals surface area contributed by atoms with Gasteiger partial charge in [0.1, 0.15) is 23.7 Å². The van der Waals surface area contributed by atoms with E-state index in [1.54, 1.807) is 24.3 Å². The van der Waals surface area contributed by atoms with Crippen LogP contribution in [0.4, 0.5) is 0 Å². The number of esters is 1. The van der Waals surface area contributed by atoms with E-state index in [1.807, 2.05) is 18.2 Å². The van der Waals surface area contributed by atoms with Gasteiger partial charge in [-0.15, -0.1) is 0 Å². The Labute approximate surface area is 160 Å². The molecule has 5 nitrogen and oxygen atoms in total. The molecular weight excluding hydrogens is 408 g/mol. The standard InChI is InChI=1S/C18H19BrO5S/c19-12-6-7-15(20)14(10-12)18(22)16(8-9-23-17(21)11-25)24-13-4-2-1-3-5-13/h1-7,10,16,18,20,22,25H,8-9,11H2/t16-,18-/m0/s1. The molecule has 2 N–H and O–H groups in total. The zero-order valence-corrected chi connectivity index (χ0v) is 15.8. The number of aliphatic hydroxyl groups is 1. The highest BCUT2D eigenvalue weighted by molar-refractivity contribution is 9.10. The Hall–Kier alpha value is -1.70. The molecule has 2 atom stereocenters. The van der Waals surface area contributed by atoms with E-state index < -0.39 is 18.2 Å². The van der Waals surface area contributed by atoms with Crippen LogP contribution in [0.3, 0.4) is 0 Å². The van der Waals surface area contributed by atoms with Crippen LogP contribution in [0.25, 0.3) is 0 Å². The fourth-order valence-electron chi connectivity index (χ4n) is 2.25. The second-order valence-corrected chi connectivity index (χ2v) is 6.52. The molecule has 0 aromatic heterocycles. The summed E-state index contributed by atoms with van der Waals surface area (Å²) in [6, 6.07) is 13.8. The lowest BCUT2D eigenvalue weighted by Crippen LogP contribution is -2.28. The van der Waals surface area contributed by atoms with Gasteiger partial charge in [0.25, 0.3) is 0 Å². The highest BCUT2D eigenvalue weighted by Crippen LogP contribution is 2.32. The van der Waals surface area contributed by atoms with Crippen molar-refractivity contribution in [1.82, 2.24) is 0 Å². The number of hydrogen-bond acceptors (Lipinski definition) is 6. The molecule has 2 rings (SSSR count). The molecule has 0 aliphatic heterocycles. The van der Waals surface area contributed by atoms with Crippen molar-refractivity contribution < 1.29 is 24.5 Å². The summed E-state index contributed by atoms with van der Waals surface area (Å²) in [5.74, 6) is 0.0759. The summed E-state index contributed by atoms with van der Waals surface area (Å²) in [4.78, 5) is 11.2. The van der Waals surface area contributed by atoms with E-state index in [2.05, 4.69) is 28.6 Å². The molecule has 134 valence electrons. The molecule has 0 bridgehead atoms. The lowest BCUT2D eigenvalue weighted by molar-refractivity contribution is -0.141. The molecule has 0 heterocycles. The van der Waals surface area contributed by atoms with E-state index in [0.29, 0.717) is 11.3 Å². The minimum Gasteiger partial charge on any atom is -0.508 e. The molecule has 0 saturated heterocycles. The summed E-state index contributed by atoms with van der Waals surface area (Å²) in [5, 5.41) is 20.7. The van der Waals surface area contributed by atoms with Crippen LogP contribution in [0.1, 0.15) is 18.1 Å². The Kier molecular flexibility index (Phi) is 7.61. The summed E-state index contributed by atoms with van der Waals surface area (Å²) < 4.78 is 11.6. The summed E-state index contributed by atoms with van der Waals surface area (Å²) >= 11 is 7.17. The maximum atomic E-state index is 11.2. The van der Waals surface area contributed by atoms with Gasteiger partial charge in [-0.25, -0.2) is 0 Å². The van der Waals surface area contributed by atoms with Crippen LogP contribution in [0.2, 0.25) is 0 Å². The molecule has 0 spiro atoms. The molecule has 2 aromatic rings.